The minimum atomic E-state index is 0.350. The number of aryl methyl sites for hydroxylation is 1. The summed E-state index contributed by atoms with van der Waals surface area (Å²) in [6.45, 7) is 0. The van der Waals surface area contributed by atoms with Crippen molar-refractivity contribution in [3.05, 3.63) is 24.4 Å². The quantitative estimate of drug-likeness (QED) is 0.914. The van der Waals surface area contributed by atoms with Crippen molar-refractivity contribution in [2.75, 3.05) is 12.8 Å². The third kappa shape index (κ3) is 2.23. The molecular formula is C14H17N3O2. The van der Waals surface area contributed by atoms with Gasteiger partial charge in [-0.15, -0.1) is 0 Å². The van der Waals surface area contributed by atoms with Crippen molar-refractivity contribution < 1.29 is 9.47 Å². The molecule has 2 N–H and O–H groups in total. The summed E-state index contributed by atoms with van der Waals surface area (Å²) in [4.78, 5) is 0. The van der Waals surface area contributed by atoms with Gasteiger partial charge in [0.1, 0.15) is 5.82 Å². The number of nitrogens with zero attached hydrogens (tertiary/aromatic N) is 2. The Kier molecular flexibility index (Phi) is 2.81. The van der Waals surface area contributed by atoms with E-state index in [0.29, 0.717) is 11.9 Å². The maximum absolute atomic E-state index is 5.98. The Balaban J connectivity index is 1.96. The number of benzene rings is 1. The van der Waals surface area contributed by atoms with Crippen LogP contribution in [0.4, 0.5) is 5.82 Å². The molecule has 1 aromatic heterocycles. The van der Waals surface area contributed by atoms with Crippen LogP contribution in [0.3, 0.4) is 0 Å². The van der Waals surface area contributed by atoms with Gasteiger partial charge in [-0.2, -0.15) is 5.10 Å². The number of methoxy groups -OCH3 is 1. The van der Waals surface area contributed by atoms with Gasteiger partial charge >= 0.3 is 0 Å². The van der Waals surface area contributed by atoms with Crippen LogP contribution >= 0.6 is 0 Å². The van der Waals surface area contributed by atoms with Crippen LogP contribution in [-0.4, -0.2) is 23.0 Å². The zero-order valence-corrected chi connectivity index (χ0v) is 11.1. The van der Waals surface area contributed by atoms with Crippen molar-refractivity contribution in [1.29, 1.82) is 0 Å². The topological polar surface area (TPSA) is 62.3 Å². The molecule has 1 aliphatic rings. The lowest BCUT2D eigenvalue weighted by atomic mass is 10.1. The van der Waals surface area contributed by atoms with Gasteiger partial charge in [-0.25, -0.2) is 0 Å². The summed E-state index contributed by atoms with van der Waals surface area (Å²) in [5, 5.41) is 4.15. The van der Waals surface area contributed by atoms with E-state index in [1.54, 1.807) is 18.0 Å². The molecule has 100 valence electrons. The van der Waals surface area contributed by atoms with Gasteiger partial charge in [0.05, 0.1) is 19.4 Å². The molecule has 0 radical (unpaired) electrons. The Morgan fingerprint density at radius 3 is 2.68 bits per heavy atom. The normalized spacial score (nSPS) is 14.4. The average molecular weight is 259 g/mol. The number of hydrogen-bond acceptors (Lipinski definition) is 4. The zero-order valence-electron chi connectivity index (χ0n) is 11.1. The van der Waals surface area contributed by atoms with Crippen molar-refractivity contribution in [3.8, 4) is 22.6 Å². The Bertz CT molecular complexity index is 603. The molecule has 1 aliphatic carbocycles. The molecule has 0 saturated heterocycles. The molecule has 1 aromatic carbocycles. The van der Waals surface area contributed by atoms with Gasteiger partial charge in [0.15, 0.2) is 11.5 Å². The lowest BCUT2D eigenvalue weighted by Gasteiger charge is -2.11. The minimum Gasteiger partial charge on any atom is -0.493 e. The number of nitrogen functional groups attached to an aromatic ring is 1. The van der Waals surface area contributed by atoms with Crippen molar-refractivity contribution >= 4 is 5.82 Å². The van der Waals surface area contributed by atoms with E-state index in [2.05, 4.69) is 5.10 Å². The molecule has 1 saturated carbocycles. The Morgan fingerprint density at radius 1 is 1.32 bits per heavy atom. The summed E-state index contributed by atoms with van der Waals surface area (Å²) in [5.41, 5.74) is 7.86. The van der Waals surface area contributed by atoms with Crippen molar-refractivity contribution in [2.24, 2.45) is 7.05 Å². The SMILES string of the molecule is COc1cc(-c2cnn(C)c2N)ccc1OC1CC1. The molecule has 1 fully saturated rings. The number of ether oxygens (including phenoxy) is 2. The molecule has 0 amide bonds. The van der Waals surface area contributed by atoms with Gasteiger partial charge < -0.3 is 15.2 Å². The largest absolute Gasteiger partial charge is 0.493 e. The predicted molar refractivity (Wildman–Crippen MR) is 73.3 cm³/mol. The van der Waals surface area contributed by atoms with Gasteiger partial charge in [0.25, 0.3) is 0 Å². The molecule has 0 atom stereocenters. The second-order valence-electron chi connectivity index (χ2n) is 4.75. The fraction of sp³-hybridized carbons (Fsp3) is 0.357. The Morgan fingerprint density at radius 2 is 2.11 bits per heavy atom. The van der Waals surface area contributed by atoms with Crippen molar-refractivity contribution in [3.63, 3.8) is 0 Å². The first-order chi connectivity index (χ1) is 9.19. The van der Waals surface area contributed by atoms with Crippen LogP contribution in [-0.2, 0) is 7.05 Å². The fourth-order valence-electron chi connectivity index (χ4n) is 1.97. The molecular weight excluding hydrogens is 242 g/mol. The molecule has 0 bridgehead atoms. The molecule has 5 heteroatoms. The van der Waals surface area contributed by atoms with Crippen LogP contribution in [0, 0.1) is 0 Å². The van der Waals surface area contributed by atoms with E-state index >= 15 is 0 Å². The van der Waals surface area contributed by atoms with Gasteiger partial charge in [-0.05, 0) is 30.5 Å². The molecule has 0 unspecified atom stereocenters. The molecule has 3 rings (SSSR count). The van der Waals surface area contributed by atoms with E-state index in [1.165, 1.54) is 0 Å². The van der Waals surface area contributed by atoms with Crippen LogP contribution in [0.1, 0.15) is 12.8 Å². The standard InChI is InChI=1S/C14H17N3O2/c1-17-14(15)11(8-16-17)9-3-6-12(13(7-9)18-2)19-10-4-5-10/h3,6-8,10H,4-5,15H2,1-2H3. The summed E-state index contributed by atoms with van der Waals surface area (Å²) in [6.07, 6.45) is 4.36. The van der Waals surface area contributed by atoms with E-state index in [9.17, 15) is 0 Å². The summed E-state index contributed by atoms with van der Waals surface area (Å²) in [6, 6.07) is 5.84. The van der Waals surface area contributed by atoms with E-state index in [4.69, 9.17) is 15.2 Å². The lowest BCUT2D eigenvalue weighted by molar-refractivity contribution is 0.282. The van der Waals surface area contributed by atoms with E-state index in [-0.39, 0.29) is 0 Å². The summed E-state index contributed by atoms with van der Waals surface area (Å²) >= 11 is 0. The van der Waals surface area contributed by atoms with Gasteiger partial charge in [-0.3, -0.25) is 4.68 Å². The highest BCUT2D eigenvalue weighted by molar-refractivity contribution is 5.75. The highest BCUT2D eigenvalue weighted by atomic mass is 16.5. The van der Waals surface area contributed by atoms with Crippen LogP contribution in [0.15, 0.2) is 24.4 Å². The average Bonchev–Trinajstić information content (AvgIpc) is 3.17. The van der Waals surface area contributed by atoms with E-state index in [0.717, 1.165) is 35.5 Å². The van der Waals surface area contributed by atoms with Crippen LogP contribution in [0.5, 0.6) is 11.5 Å². The van der Waals surface area contributed by atoms with Crippen LogP contribution < -0.4 is 15.2 Å². The Hall–Kier alpha value is -2.17. The fourth-order valence-corrected chi connectivity index (χ4v) is 1.97. The number of rotatable bonds is 4. The number of nitrogens with two attached hydrogens (primary N) is 1. The van der Waals surface area contributed by atoms with E-state index < -0.39 is 0 Å². The second kappa shape index (κ2) is 4.50. The molecule has 0 aliphatic heterocycles. The van der Waals surface area contributed by atoms with Crippen molar-refractivity contribution in [1.82, 2.24) is 9.78 Å². The Labute approximate surface area is 111 Å². The van der Waals surface area contributed by atoms with Crippen LogP contribution in [0.2, 0.25) is 0 Å². The first-order valence-electron chi connectivity index (χ1n) is 6.31. The molecule has 0 spiro atoms. The number of aromatic nitrogens is 2. The smallest absolute Gasteiger partial charge is 0.161 e. The maximum atomic E-state index is 5.98. The third-order valence-electron chi connectivity index (χ3n) is 3.28. The second-order valence-corrected chi connectivity index (χ2v) is 4.75. The maximum Gasteiger partial charge on any atom is 0.161 e. The first-order valence-corrected chi connectivity index (χ1v) is 6.31. The monoisotopic (exact) mass is 259 g/mol. The summed E-state index contributed by atoms with van der Waals surface area (Å²) in [5.74, 6) is 2.15. The first kappa shape index (κ1) is 11.9. The van der Waals surface area contributed by atoms with Gasteiger partial charge in [0, 0.05) is 12.6 Å². The summed E-state index contributed by atoms with van der Waals surface area (Å²) in [7, 11) is 3.46. The van der Waals surface area contributed by atoms with Crippen molar-refractivity contribution in [2.45, 2.75) is 18.9 Å². The molecule has 2 aromatic rings. The lowest BCUT2D eigenvalue weighted by Crippen LogP contribution is -2.00. The number of hydrogen-bond donors (Lipinski definition) is 1. The summed E-state index contributed by atoms with van der Waals surface area (Å²) < 4.78 is 12.8. The van der Waals surface area contributed by atoms with Gasteiger partial charge in [-0.1, -0.05) is 6.07 Å². The molecule has 1 heterocycles. The van der Waals surface area contributed by atoms with E-state index in [1.807, 2.05) is 25.2 Å². The van der Waals surface area contributed by atoms with Crippen LogP contribution in [0.25, 0.3) is 11.1 Å². The van der Waals surface area contributed by atoms with Gasteiger partial charge in [0.2, 0.25) is 0 Å². The highest BCUT2D eigenvalue weighted by Crippen LogP contribution is 2.37. The molecule has 5 nitrogen and oxygen atoms in total. The predicted octanol–water partition coefficient (Wildman–Crippen LogP) is 2.22. The minimum absolute atomic E-state index is 0.350. The zero-order chi connectivity index (χ0) is 13.4. The third-order valence-corrected chi connectivity index (χ3v) is 3.28. The molecule has 19 heavy (non-hydrogen) atoms. The number of anilines is 1. The highest BCUT2D eigenvalue weighted by Gasteiger charge is 2.25.